The number of carbonyl (C=O) groups excluding carboxylic acids is 1. The fraction of sp³-hybridized carbons (Fsp3) is 0.478. The second-order valence-electron chi connectivity index (χ2n) is 9.21. The number of rotatable bonds is 3. The minimum atomic E-state index is -0.483. The number of hydrogen-bond acceptors (Lipinski definition) is 5. The predicted octanol–water partition coefficient (Wildman–Crippen LogP) is 4.80. The molecule has 1 unspecified atom stereocenters. The molecule has 7 heteroatoms. The summed E-state index contributed by atoms with van der Waals surface area (Å²) >= 11 is 0. The molecule has 7 nitrogen and oxygen atoms in total. The van der Waals surface area contributed by atoms with Gasteiger partial charge in [-0.1, -0.05) is 12.1 Å². The van der Waals surface area contributed by atoms with Gasteiger partial charge >= 0.3 is 6.09 Å². The molecular formula is C23H29N5O2. The molecule has 2 aromatic heterocycles. The van der Waals surface area contributed by atoms with Gasteiger partial charge in [-0.2, -0.15) is 15.3 Å². The number of hydrogen-bond donors (Lipinski definition) is 0. The Hall–Kier alpha value is -2.96. The molecule has 0 N–H and O–H groups in total. The van der Waals surface area contributed by atoms with Gasteiger partial charge in [0, 0.05) is 36.0 Å². The molecule has 158 valence electrons. The van der Waals surface area contributed by atoms with Crippen LogP contribution in [-0.4, -0.2) is 49.7 Å². The zero-order valence-electron chi connectivity index (χ0n) is 18.3. The van der Waals surface area contributed by atoms with Crippen LogP contribution in [0.15, 0.2) is 36.5 Å². The third-order valence-electron chi connectivity index (χ3n) is 5.33. The molecule has 1 atom stereocenters. The van der Waals surface area contributed by atoms with Crippen LogP contribution in [0.4, 0.5) is 4.79 Å². The SMILES string of the molecule is CC(C)n1ncc2ccc(-c3ccc(C4CCN(C(=O)OC(C)(C)C)C4)nn3)cc21. The molecule has 0 saturated carbocycles. The van der Waals surface area contributed by atoms with Gasteiger partial charge in [0.05, 0.1) is 23.1 Å². The molecule has 0 aliphatic carbocycles. The van der Waals surface area contributed by atoms with Crippen LogP contribution in [0.1, 0.15) is 58.7 Å². The first-order valence-electron chi connectivity index (χ1n) is 10.5. The van der Waals surface area contributed by atoms with Gasteiger partial charge in [0.15, 0.2) is 0 Å². The van der Waals surface area contributed by atoms with Crippen molar-refractivity contribution in [2.75, 3.05) is 13.1 Å². The van der Waals surface area contributed by atoms with Gasteiger partial charge in [-0.3, -0.25) is 4.68 Å². The second kappa shape index (κ2) is 7.70. The summed E-state index contributed by atoms with van der Waals surface area (Å²) in [6.45, 7) is 11.2. The van der Waals surface area contributed by atoms with Gasteiger partial charge in [0.25, 0.3) is 0 Å². The zero-order valence-corrected chi connectivity index (χ0v) is 18.3. The van der Waals surface area contributed by atoms with Gasteiger partial charge in [0.2, 0.25) is 0 Å². The molecule has 1 aromatic carbocycles. The van der Waals surface area contributed by atoms with E-state index in [1.807, 2.05) is 43.8 Å². The van der Waals surface area contributed by atoms with Gasteiger partial charge in [-0.25, -0.2) is 4.79 Å². The van der Waals surface area contributed by atoms with Gasteiger partial charge in [0.1, 0.15) is 5.60 Å². The van der Waals surface area contributed by atoms with E-state index in [1.54, 1.807) is 4.90 Å². The van der Waals surface area contributed by atoms with Crippen molar-refractivity contribution in [1.82, 2.24) is 24.9 Å². The average Bonchev–Trinajstić information content (AvgIpc) is 3.34. The fourth-order valence-electron chi connectivity index (χ4n) is 3.82. The van der Waals surface area contributed by atoms with E-state index in [9.17, 15) is 4.79 Å². The molecule has 3 aromatic rings. The van der Waals surface area contributed by atoms with Crippen molar-refractivity contribution >= 4 is 17.0 Å². The summed E-state index contributed by atoms with van der Waals surface area (Å²) in [5, 5.41) is 14.5. The highest BCUT2D eigenvalue weighted by Crippen LogP contribution is 2.29. The van der Waals surface area contributed by atoms with E-state index in [-0.39, 0.29) is 12.0 Å². The van der Waals surface area contributed by atoms with Gasteiger partial charge in [-0.05, 0) is 59.2 Å². The summed E-state index contributed by atoms with van der Waals surface area (Å²) in [6, 6.07) is 10.6. The van der Waals surface area contributed by atoms with E-state index in [0.717, 1.165) is 34.3 Å². The van der Waals surface area contributed by atoms with Crippen molar-refractivity contribution in [2.24, 2.45) is 0 Å². The summed E-state index contributed by atoms with van der Waals surface area (Å²) in [4.78, 5) is 14.1. The van der Waals surface area contributed by atoms with Crippen molar-refractivity contribution in [2.45, 2.75) is 58.6 Å². The molecule has 0 spiro atoms. The molecule has 30 heavy (non-hydrogen) atoms. The van der Waals surface area contributed by atoms with Crippen molar-refractivity contribution in [3.8, 4) is 11.3 Å². The largest absolute Gasteiger partial charge is 0.444 e. The van der Waals surface area contributed by atoms with Crippen LogP contribution in [0.25, 0.3) is 22.2 Å². The quantitative estimate of drug-likeness (QED) is 0.624. The molecule has 1 amide bonds. The molecule has 0 radical (unpaired) electrons. The highest BCUT2D eigenvalue weighted by atomic mass is 16.6. The molecule has 1 saturated heterocycles. The fourth-order valence-corrected chi connectivity index (χ4v) is 3.82. The number of ether oxygens (including phenoxy) is 1. The summed E-state index contributed by atoms with van der Waals surface area (Å²) in [5.41, 5.74) is 3.38. The lowest BCUT2D eigenvalue weighted by Gasteiger charge is -2.24. The summed E-state index contributed by atoms with van der Waals surface area (Å²) in [7, 11) is 0. The van der Waals surface area contributed by atoms with E-state index in [4.69, 9.17) is 4.74 Å². The zero-order chi connectivity index (χ0) is 21.5. The molecule has 0 bridgehead atoms. The van der Waals surface area contributed by atoms with E-state index in [0.29, 0.717) is 19.1 Å². The number of fused-ring (bicyclic) bond motifs is 1. The van der Waals surface area contributed by atoms with E-state index in [1.165, 1.54) is 0 Å². The van der Waals surface area contributed by atoms with Crippen molar-refractivity contribution in [3.05, 3.63) is 42.2 Å². The lowest BCUT2D eigenvalue weighted by atomic mass is 10.0. The number of aromatic nitrogens is 4. The Morgan fingerprint density at radius 2 is 1.97 bits per heavy atom. The minimum absolute atomic E-state index is 0.184. The Morgan fingerprint density at radius 3 is 2.63 bits per heavy atom. The molecule has 3 heterocycles. The van der Waals surface area contributed by atoms with Crippen LogP contribution in [0.2, 0.25) is 0 Å². The molecule has 1 aliphatic heterocycles. The minimum Gasteiger partial charge on any atom is -0.444 e. The first-order valence-corrected chi connectivity index (χ1v) is 10.5. The average molecular weight is 408 g/mol. The predicted molar refractivity (Wildman–Crippen MR) is 116 cm³/mol. The lowest BCUT2D eigenvalue weighted by Crippen LogP contribution is -2.35. The number of benzene rings is 1. The maximum absolute atomic E-state index is 12.3. The van der Waals surface area contributed by atoms with E-state index < -0.39 is 5.60 Å². The lowest BCUT2D eigenvalue weighted by molar-refractivity contribution is 0.0292. The topological polar surface area (TPSA) is 73.1 Å². The van der Waals surface area contributed by atoms with Crippen LogP contribution in [0.3, 0.4) is 0 Å². The number of amides is 1. The smallest absolute Gasteiger partial charge is 0.410 e. The molecule has 1 fully saturated rings. The van der Waals surface area contributed by atoms with E-state index >= 15 is 0 Å². The van der Waals surface area contributed by atoms with Crippen molar-refractivity contribution in [1.29, 1.82) is 0 Å². The first-order chi connectivity index (χ1) is 14.2. The Bertz CT molecular complexity index is 1050. The number of likely N-dealkylation sites (tertiary alicyclic amines) is 1. The Balaban J connectivity index is 1.49. The van der Waals surface area contributed by atoms with E-state index in [2.05, 4.69) is 47.3 Å². The second-order valence-corrected chi connectivity index (χ2v) is 9.21. The van der Waals surface area contributed by atoms with Crippen LogP contribution >= 0.6 is 0 Å². The third kappa shape index (κ3) is 4.15. The normalized spacial score (nSPS) is 17.1. The van der Waals surface area contributed by atoms with Gasteiger partial charge in [-0.15, -0.1) is 0 Å². The first kappa shape index (κ1) is 20.3. The highest BCUT2D eigenvalue weighted by molar-refractivity contribution is 5.83. The third-order valence-corrected chi connectivity index (χ3v) is 5.33. The van der Waals surface area contributed by atoms with Crippen LogP contribution in [-0.2, 0) is 4.74 Å². The monoisotopic (exact) mass is 407 g/mol. The van der Waals surface area contributed by atoms with Crippen LogP contribution in [0, 0.1) is 0 Å². The highest BCUT2D eigenvalue weighted by Gasteiger charge is 2.31. The summed E-state index contributed by atoms with van der Waals surface area (Å²) in [5.74, 6) is 0.184. The Morgan fingerprint density at radius 1 is 1.17 bits per heavy atom. The Kier molecular flexibility index (Phi) is 5.22. The summed E-state index contributed by atoms with van der Waals surface area (Å²) in [6.07, 6.45) is 2.50. The van der Waals surface area contributed by atoms with Crippen LogP contribution < -0.4 is 0 Å². The molecule has 4 rings (SSSR count). The van der Waals surface area contributed by atoms with Crippen molar-refractivity contribution in [3.63, 3.8) is 0 Å². The van der Waals surface area contributed by atoms with Crippen LogP contribution in [0.5, 0.6) is 0 Å². The summed E-state index contributed by atoms with van der Waals surface area (Å²) < 4.78 is 7.50. The Labute approximate surface area is 177 Å². The van der Waals surface area contributed by atoms with Gasteiger partial charge < -0.3 is 9.64 Å². The molecular weight excluding hydrogens is 378 g/mol. The number of carbonyl (C=O) groups is 1. The standard InChI is InChI=1S/C23H29N5O2/c1-15(2)28-21-12-16(6-7-17(21)13-24-28)19-8-9-20(26-25-19)18-10-11-27(14-18)22(29)30-23(3,4)5/h6-9,12-13,15,18H,10-11,14H2,1-5H3. The maximum atomic E-state index is 12.3. The maximum Gasteiger partial charge on any atom is 0.410 e. The molecule has 1 aliphatic rings. The van der Waals surface area contributed by atoms with Crippen molar-refractivity contribution < 1.29 is 9.53 Å². The number of nitrogens with zero attached hydrogens (tertiary/aromatic N) is 5.